The van der Waals surface area contributed by atoms with Crippen molar-refractivity contribution in [3.05, 3.63) is 64.4 Å². The first-order valence-corrected chi connectivity index (χ1v) is 9.37. The number of aromatic hydroxyl groups is 1. The maximum Gasteiger partial charge on any atom is 0.261 e. The van der Waals surface area contributed by atoms with Crippen molar-refractivity contribution in [3.63, 3.8) is 0 Å². The second kappa shape index (κ2) is 6.64. The van der Waals surface area contributed by atoms with Crippen LogP contribution in [-0.2, 0) is 5.41 Å². The van der Waals surface area contributed by atoms with Crippen LogP contribution in [-0.4, -0.2) is 15.2 Å². The van der Waals surface area contributed by atoms with Gasteiger partial charge in [-0.1, -0.05) is 70.7 Å². The molecule has 1 N–H and O–H groups in total. The summed E-state index contributed by atoms with van der Waals surface area (Å²) in [6.07, 6.45) is 5.58. The molecule has 0 amide bonds. The average molecular weight is 399 g/mol. The Morgan fingerprint density at radius 3 is 2.52 bits per heavy atom. The van der Waals surface area contributed by atoms with Crippen molar-refractivity contribution in [1.82, 2.24) is 10.1 Å². The minimum Gasteiger partial charge on any atom is -0.507 e. The summed E-state index contributed by atoms with van der Waals surface area (Å²) in [5.41, 5.74) is 1.58. The number of rotatable bonds is 3. The third kappa shape index (κ3) is 2.97. The maximum absolute atomic E-state index is 10.1. The van der Waals surface area contributed by atoms with Gasteiger partial charge < -0.3 is 9.63 Å². The smallest absolute Gasteiger partial charge is 0.261 e. The third-order valence-corrected chi connectivity index (χ3v) is 5.57. The van der Waals surface area contributed by atoms with Crippen LogP contribution in [0, 0.1) is 0 Å². The Balaban J connectivity index is 1.80. The van der Waals surface area contributed by atoms with Crippen molar-refractivity contribution in [2.24, 2.45) is 0 Å². The van der Waals surface area contributed by atoms with E-state index in [-0.39, 0.29) is 11.2 Å². The minimum atomic E-state index is -0.205. The lowest BCUT2D eigenvalue weighted by atomic mass is 9.69. The fraction of sp³-hybridized carbons (Fsp3) is 0.300. The van der Waals surface area contributed by atoms with Gasteiger partial charge in [0.2, 0.25) is 0 Å². The highest BCUT2D eigenvalue weighted by atomic mass is 79.9. The van der Waals surface area contributed by atoms with E-state index in [0.717, 1.165) is 30.2 Å². The molecule has 0 saturated heterocycles. The lowest BCUT2D eigenvalue weighted by Crippen LogP contribution is -2.31. The summed E-state index contributed by atoms with van der Waals surface area (Å²) in [6.45, 7) is 0. The van der Waals surface area contributed by atoms with Gasteiger partial charge in [0.1, 0.15) is 5.75 Å². The number of hydrogen-bond acceptors (Lipinski definition) is 4. The molecule has 128 valence electrons. The van der Waals surface area contributed by atoms with E-state index in [2.05, 4.69) is 45.4 Å². The predicted octanol–water partition coefficient (Wildman–Crippen LogP) is 5.45. The summed E-state index contributed by atoms with van der Waals surface area (Å²) >= 11 is 3.42. The number of hydrogen-bond donors (Lipinski definition) is 1. The van der Waals surface area contributed by atoms with Crippen molar-refractivity contribution in [1.29, 1.82) is 0 Å². The summed E-state index contributed by atoms with van der Waals surface area (Å²) in [7, 11) is 0. The Morgan fingerprint density at radius 2 is 1.76 bits per heavy atom. The zero-order valence-corrected chi connectivity index (χ0v) is 15.4. The van der Waals surface area contributed by atoms with Crippen molar-refractivity contribution >= 4 is 15.9 Å². The van der Waals surface area contributed by atoms with E-state index in [4.69, 9.17) is 9.51 Å². The van der Waals surface area contributed by atoms with Crippen LogP contribution in [0.3, 0.4) is 0 Å². The first-order chi connectivity index (χ1) is 12.2. The zero-order chi connectivity index (χ0) is 17.3. The predicted molar refractivity (Wildman–Crippen MR) is 99.4 cm³/mol. The zero-order valence-electron chi connectivity index (χ0n) is 13.8. The molecule has 1 aromatic heterocycles. The van der Waals surface area contributed by atoms with Crippen LogP contribution in [0.25, 0.3) is 11.5 Å². The number of phenols is 1. The normalized spacial score (nSPS) is 16.7. The molecule has 4 rings (SSSR count). The van der Waals surface area contributed by atoms with Crippen molar-refractivity contribution < 1.29 is 9.63 Å². The minimum absolute atomic E-state index is 0.135. The fourth-order valence-electron chi connectivity index (χ4n) is 3.76. The SMILES string of the molecule is Oc1ccc(Br)cc1-c1nc(C2(c3ccccc3)CCCCC2)no1. The quantitative estimate of drug-likeness (QED) is 0.636. The number of benzene rings is 2. The molecule has 1 aliphatic carbocycles. The molecule has 1 aliphatic rings. The van der Waals surface area contributed by atoms with E-state index in [0.29, 0.717) is 17.3 Å². The third-order valence-electron chi connectivity index (χ3n) is 5.08. The molecule has 1 heterocycles. The summed E-state index contributed by atoms with van der Waals surface area (Å²) in [5, 5.41) is 14.5. The van der Waals surface area contributed by atoms with Crippen LogP contribution in [0.2, 0.25) is 0 Å². The van der Waals surface area contributed by atoms with Crippen LogP contribution >= 0.6 is 15.9 Å². The lowest BCUT2D eigenvalue weighted by molar-refractivity contribution is 0.313. The Morgan fingerprint density at radius 1 is 1.00 bits per heavy atom. The summed E-state index contributed by atoms with van der Waals surface area (Å²) in [5.74, 6) is 1.21. The van der Waals surface area contributed by atoms with E-state index in [9.17, 15) is 5.11 Å². The molecule has 0 aliphatic heterocycles. The molecule has 0 unspecified atom stereocenters. The van der Waals surface area contributed by atoms with Gasteiger partial charge in [0, 0.05) is 4.47 Å². The van der Waals surface area contributed by atoms with Crippen LogP contribution in [0.4, 0.5) is 0 Å². The molecule has 1 fully saturated rings. The van der Waals surface area contributed by atoms with Gasteiger partial charge in [-0.05, 0) is 36.6 Å². The highest BCUT2D eigenvalue weighted by Crippen LogP contribution is 2.44. The van der Waals surface area contributed by atoms with Gasteiger partial charge in [-0.2, -0.15) is 4.98 Å². The monoisotopic (exact) mass is 398 g/mol. The fourth-order valence-corrected chi connectivity index (χ4v) is 4.12. The highest BCUT2D eigenvalue weighted by molar-refractivity contribution is 9.10. The molecule has 0 spiro atoms. The molecular formula is C20H19BrN2O2. The van der Waals surface area contributed by atoms with E-state index < -0.39 is 0 Å². The molecule has 0 atom stereocenters. The molecule has 25 heavy (non-hydrogen) atoms. The van der Waals surface area contributed by atoms with Crippen LogP contribution in [0.1, 0.15) is 43.5 Å². The van der Waals surface area contributed by atoms with Crippen molar-refractivity contribution in [3.8, 4) is 17.2 Å². The number of nitrogens with zero attached hydrogens (tertiary/aromatic N) is 2. The Labute approximate surface area is 155 Å². The van der Waals surface area contributed by atoms with E-state index >= 15 is 0 Å². The molecule has 3 aromatic rings. The van der Waals surface area contributed by atoms with E-state index in [1.807, 2.05) is 6.07 Å². The topological polar surface area (TPSA) is 59.2 Å². The number of halogens is 1. The van der Waals surface area contributed by atoms with Crippen molar-refractivity contribution in [2.75, 3.05) is 0 Å². The van der Waals surface area contributed by atoms with E-state index in [1.54, 1.807) is 18.2 Å². The van der Waals surface area contributed by atoms with Gasteiger partial charge in [-0.25, -0.2) is 0 Å². The van der Waals surface area contributed by atoms with Crippen LogP contribution < -0.4 is 0 Å². The summed E-state index contributed by atoms with van der Waals surface area (Å²) < 4.78 is 6.40. The van der Waals surface area contributed by atoms with Gasteiger partial charge in [0.15, 0.2) is 5.82 Å². The Kier molecular flexibility index (Phi) is 4.34. The largest absolute Gasteiger partial charge is 0.507 e. The van der Waals surface area contributed by atoms with Gasteiger partial charge in [0.25, 0.3) is 5.89 Å². The molecule has 2 aromatic carbocycles. The number of phenolic OH excluding ortho intramolecular Hbond substituents is 1. The number of aromatic nitrogens is 2. The van der Waals surface area contributed by atoms with Gasteiger partial charge in [-0.3, -0.25) is 0 Å². The summed E-state index contributed by atoms with van der Waals surface area (Å²) in [6, 6.07) is 15.7. The summed E-state index contributed by atoms with van der Waals surface area (Å²) in [4.78, 5) is 4.70. The van der Waals surface area contributed by atoms with Crippen molar-refractivity contribution in [2.45, 2.75) is 37.5 Å². The van der Waals surface area contributed by atoms with E-state index in [1.165, 1.54) is 12.0 Å². The second-order valence-electron chi connectivity index (χ2n) is 6.59. The molecule has 1 saturated carbocycles. The van der Waals surface area contributed by atoms with Gasteiger partial charge >= 0.3 is 0 Å². The standard InChI is InChI=1S/C20H19BrN2O2/c21-15-9-10-17(24)16(13-15)18-22-19(23-25-18)20(11-5-2-6-12-20)14-7-3-1-4-8-14/h1,3-4,7-10,13,24H,2,5-6,11-12H2. The Bertz CT molecular complexity index is 870. The molecular weight excluding hydrogens is 380 g/mol. The highest BCUT2D eigenvalue weighted by Gasteiger charge is 2.40. The second-order valence-corrected chi connectivity index (χ2v) is 7.51. The maximum atomic E-state index is 10.1. The van der Waals surface area contributed by atoms with Crippen LogP contribution in [0.5, 0.6) is 5.75 Å². The average Bonchev–Trinajstić information content (AvgIpc) is 3.15. The lowest BCUT2D eigenvalue weighted by Gasteiger charge is -2.34. The van der Waals surface area contributed by atoms with Gasteiger partial charge in [-0.15, -0.1) is 0 Å². The Hall–Kier alpha value is -2.14. The first-order valence-electron chi connectivity index (χ1n) is 8.58. The van der Waals surface area contributed by atoms with Crippen LogP contribution in [0.15, 0.2) is 57.5 Å². The molecule has 0 bridgehead atoms. The molecule has 5 heteroatoms. The first kappa shape index (κ1) is 16.3. The molecule has 4 nitrogen and oxygen atoms in total. The molecule has 0 radical (unpaired) electrons. The van der Waals surface area contributed by atoms with Gasteiger partial charge in [0.05, 0.1) is 11.0 Å².